The van der Waals surface area contributed by atoms with Crippen LogP contribution in [0.15, 0.2) is 24.3 Å². The first-order valence-electron chi connectivity index (χ1n) is 6.21. The quantitative estimate of drug-likeness (QED) is 0.859. The smallest absolute Gasteiger partial charge is 0.263 e. The molecular weight excluding hydrogens is 252 g/mol. The first-order chi connectivity index (χ1) is 9.09. The Morgan fingerprint density at radius 3 is 2.47 bits per heavy atom. The molecule has 0 bridgehead atoms. The molecule has 1 amide bonds. The minimum Gasteiger partial charge on any atom is -0.368 e. The van der Waals surface area contributed by atoms with Crippen molar-refractivity contribution in [3.63, 3.8) is 0 Å². The fraction of sp³-hybridized carbons (Fsp3) is 0.462. The molecule has 1 aromatic rings. The minimum atomic E-state index is -2.54. The maximum atomic E-state index is 12.7. The van der Waals surface area contributed by atoms with Crippen LogP contribution in [-0.4, -0.2) is 37.0 Å². The second kappa shape index (κ2) is 6.08. The zero-order chi connectivity index (χ0) is 13.8. The van der Waals surface area contributed by atoms with Gasteiger partial charge in [-0.1, -0.05) is 18.2 Å². The van der Waals surface area contributed by atoms with E-state index in [1.54, 1.807) is 6.07 Å². The third-order valence-electron chi connectivity index (χ3n) is 3.26. The summed E-state index contributed by atoms with van der Waals surface area (Å²) in [5.41, 5.74) is 5.89. The fourth-order valence-corrected chi connectivity index (χ4v) is 2.36. The summed E-state index contributed by atoms with van der Waals surface area (Å²) < 4.78 is 25.4. The topological polar surface area (TPSA) is 58.4 Å². The number of carbonyl (C=O) groups is 1. The summed E-state index contributed by atoms with van der Waals surface area (Å²) >= 11 is 0. The van der Waals surface area contributed by atoms with E-state index < -0.39 is 18.4 Å². The standard InChI is InChI=1S/C13H17F2N3O/c14-12(15)10-3-1-2-9(8-10)11(13(16)19)18-6-4-17-5-7-18/h1-3,8,11-12,17H,4-7H2,(H2,16,19). The number of hydrogen-bond donors (Lipinski definition) is 2. The van der Waals surface area contributed by atoms with E-state index in [2.05, 4.69) is 5.32 Å². The van der Waals surface area contributed by atoms with Crippen molar-refractivity contribution in [2.75, 3.05) is 26.2 Å². The Bertz CT molecular complexity index is 447. The molecule has 1 aliphatic heterocycles. The van der Waals surface area contributed by atoms with Crippen LogP contribution in [-0.2, 0) is 4.79 Å². The van der Waals surface area contributed by atoms with Crippen molar-refractivity contribution in [3.8, 4) is 0 Å². The molecule has 1 aromatic carbocycles. The highest BCUT2D eigenvalue weighted by molar-refractivity contribution is 5.81. The Morgan fingerprint density at radius 1 is 1.26 bits per heavy atom. The molecule has 1 fully saturated rings. The van der Waals surface area contributed by atoms with Gasteiger partial charge in [-0.05, 0) is 11.6 Å². The predicted molar refractivity (Wildman–Crippen MR) is 67.8 cm³/mol. The maximum absolute atomic E-state index is 12.7. The molecule has 3 N–H and O–H groups in total. The van der Waals surface area contributed by atoms with Crippen LogP contribution >= 0.6 is 0 Å². The zero-order valence-corrected chi connectivity index (χ0v) is 10.5. The summed E-state index contributed by atoms with van der Waals surface area (Å²) in [4.78, 5) is 13.6. The highest BCUT2D eigenvalue weighted by Gasteiger charge is 2.27. The number of amides is 1. The molecule has 0 saturated carbocycles. The number of carbonyl (C=O) groups excluding carboxylic acids is 1. The lowest BCUT2D eigenvalue weighted by Gasteiger charge is -2.33. The van der Waals surface area contributed by atoms with Gasteiger partial charge in [-0.3, -0.25) is 9.69 Å². The third-order valence-corrected chi connectivity index (χ3v) is 3.26. The first-order valence-corrected chi connectivity index (χ1v) is 6.21. The summed E-state index contributed by atoms with van der Waals surface area (Å²) in [7, 11) is 0. The van der Waals surface area contributed by atoms with Gasteiger partial charge in [-0.2, -0.15) is 0 Å². The number of nitrogens with two attached hydrogens (primary N) is 1. The number of halogens is 2. The van der Waals surface area contributed by atoms with Gasteiger partial charge >= 0.3 is 0 Å². The van der Waals surface area contributed by atoms with E-state index >= 15 is 0 Å². The monoisotopic (exact) mass is 269 g/mol. The van der Waals surface area contributed by atoms with E-state index in [1.165, 1.54) is 18.2 Å². The van der Waals surface area contributed by atoms with Gasteiger partial charge in [0.2, 0.25) is 5.91 Å². The lowest BCUT2D eigenvalue weighted by Crippen LogP contribution is -2.48. The van der Waals surface area contributed by atoms with E-state index in [9.17, 15) is 13.6 Å². The molecular formula is C13H17F2N3O. The molecule has 2 rings (SSSR count). The molecule has 0 spiro atoms. The van der Waals surface area contributed by atoms with Gasteiger partial charge < -0.3 is 11.1 Å². The molecule has 4 nitrogen and oxygen atoms in total. The van der Waals surface area contributed by atoms with Crippen LogP contribution in [0.5, 0.6) is 0 Å². The number of nitrogens with one attached hydrogen (secondary N) is 1. The van der Waals surface area contributed by atoms with Gasteiger partial charge in [-0.15, -0.1) is 0 Å². The van der Waals surface area contributed by atoms with Crippen LogP contribution in [0.25, 0.3) is 0 Å². The SMILES string of the molecule is NC(=O)C(c1cccc(C(F)F)c1)N1CCNCC1. The molecule has 19 heavy (non-hydrogen) atoms. The van der Waals surface area contributed by atoms with Crippen LogP contribution in [0.2, 0.25) is 0 Å². The normalized spacial score (nSPS) is 18.5. The van der Waals surface area contributed by atoms with Crippen molar-refractivity contribution in [1.82, 2.24) is 10.2 Å². The average Bonchev–Trinajstić information content (AvgIpc) is 2.40. The summed E-state index contributed by atoms with van der Waals surface area (Å²) in [6, 6.07) is 5.28. The van der Waals surface area contributed by atoms with E-state index in [4.69, 9.17) is 5.73 Å². The second-order valence-corrected chi connectivity index (χ2v) is 4.56. The van der Waals surface area contributed by atoms with Crippen molar-refractivity contribution in [2.24, 2.45) is 5.73 Å². The molecule has 1 unspecified atom stereocenters. The Labute approximate surface area is 110 Å². The summed E-state index contributed by atoms with van der Waals surface area (Å²) in [6.07, 6.45) is -2.54. The van der Waals surface area contributed by atoms with E-state index in [0.29, 0.717) is 18.7 Å². The number of hydrogen-bond acceptors (Lipinski definition) is 3. The zero-order valence-electron chi connectivity index (χ0n) is 10.5. The number of primary amides is 1. The maximum Gasteiger partial charge on any atom is 0.263 e. The minimum absolute atomic E-state index is 0.0844. The van der Waals surface area contributed by atoms with Crippen LogP contribution in [0, 0.1) is 0 Å². The molecule has 1 aliphatic rings. The number of rotatable bonds is 4. The summed E-state index contributed by atoms with van der Waals surface area (Å²) in [6.45, 7) is 2.87. The van der Waals surface area contributed by atoms with Gasteiger partial charge in [-0.25, -0.2) is 8.78 Å². The average molecular weight is 269 g/mol. The highest BCUT2D eigenvalue weighted by Crippen LogP contribution is 2.26. The van der Waals surface area contributed by atoms with Gasteiger partial charge in [0.05, 0.1) is 0 Å². The summed E-state index contributed by atoms with van der Waals surface area (Å²) in [5.74, 6) is -0.506. The van der Waals surface area contributed by atoms with Gasteiger partial charge in [0.25, 0.3) is 6.43 Å². The van der Waals surface area contributed by atoms with Gasteiger partial charge in [0, 0.05) is 31.7 Å². The Morgan fingerprint density at radius 2 is 1.89 bits per heavy atom. The molecule has 104 valence electrons. The molecule has 0 radical (unpaired) electrons. The lowest BCUT2D eigenvalue weighted by atomic mass is 10.0. The highest BCUT2D eigenvalue weighted by atomic mass is 19.3. The van der Waals surface area contributed by atoms with E-state index in [1.807, 2.05) is 4.90 Å². The number of benzene rings is 1. The molecule has 0 aromatic heterocycles. The van der Waals surface area contributed by atoms with Crippen molar-refractivity contribution >= 4 is 5.91 Å². The lowest BCUT2D eigenvalue weighted by molar-refractivity contribution is -0.123. The Kier molecular flexibility index (Phi) is 4.44. The van der Waals surface area contributed by atoms with Crippen molar-refractivity contribution in [1.29, 1.82) is 0 Å². The van der Waals surface area contributed by atoms with Gasteiger partial charge in [0.1, 0.15) is 6.04 Å². The second-order valence-electron chi connectivity index (χ2n) is 4.56. The number of alkyl halides is 2. The molecule has 6 heteroatoms. The number of nitrogens with zero attached hydrogens (tertiary/aromatic N) is 1. The van der Waals surface area contributed by atoms with Crippen molar-refractivity contribution in [2.45, 2.75) is 12.5 Å². The van der Waals surface area contributed by atoms with Crippen molar-refractivity contribution < 1.29 is 13.6 Å². The third kappa shape index (κ3) is 3.27. The first kappa shape index (κ1) is 13.9. The fourth-order valence-electron chi connectivity index (χ4n) is 2.36. The molecule has 1 atom stereocenters. The van der Waals surface area contributed by atoms with Crippen LogP contribution in [0.3, 0.4) is 0 Å². The summed E-state index contributed by atoms with van der Waals surface area (Å²) in [5, 5.41) is 3.18. The molecule has 1 saturated heterocycles. The molecule has 0 aliphatic carbocycles. The van der Waals surface area contributed by atoms with E-state index in [0.717, 1.165) is 13.1 Å². The predicted octanol–water partition coefficient (Wildman–Crippen LogP) is 1.06. The largest absolute Gasteiger partial charge is 0.368 e. The van der Waals surface area contributed by atoms with Crippen LogP contribution < -0.4 is 11.1 Å². The number of piperazine rings is 1. The van der Waals surface area contributed by atoms with Crippen LogP contribution in [0.4, 0.5) is 8.78 Å². The Balaban J connectivity index is 2.27. The Hall–Kier alpha value is -1.53. The molecule has 1 heterocycles. The van der Waals surface area contributed by atoms with E-state index in [-0.39, 0.29) is 5.56 Å². The van der Waals surface area contributed by atoms with Crippen molar-refractivity contribution in [3.05, 3.63) is 35.4 Å². The van der Waals surface area contributed by atoms with Gasteiger partial charge in [0.15, 0.2) is 0 Å². The van der Waals surface area contributed by atoms with Crippen LogP contribution in [0.1, 0.15) is 23.6 Å².